The molecule has 2 heterocycles. The predicted octanol–water partition coefficient (Wildman–Crippen LogP) is 1.35. The minimum absolute atomic E-state index is 0.216. The van der Waals surface area contributed by atoms with Crippen molar-refractivity contribution < 1.29 is 9.53 Å². The minimum Gasteiger partial charge on any atom is -0.455 e. The van der Waals surface area contributed by atoms with Gasteiger partial charge in [-0.15, -0.1) is 0 Å². The van der Waals surface area contributed by atoms with Crippen molar-refractivity contribution in [1.82, 2.24) is 14.9 Å². The smallest absolute Gasteiger partial charge is 0.361 e. The first-order chi connectivity index (χ1) is 8.88. The van der Waals surface area contributed by atoms with Crippen LogP contribution in [0.2, 0.25) is 0 Å². The Morgan fingerprint density at radius 2 is 2.11 bits per heavy atom. The number of esters is 1. The van der Waals surface area contributed by atoms with Crippen LogP contribution in [0.15, 0.2) is 6.33 Å². The Hall–Kier alpha value is -1.56. The lowest BCUT2D eigenvalue weighted by Gasteiger charge is -2.24. The number of ether oxygens (including phenoxy) is 1. The number of carbonyl (C=O) groups is 1. The summed E-state index contributed by atoms with van der Waals surface area (Å²) >= 11 is 0. The highest BCUT2D eigenvalue weighted by atomic mass is 16.6. The average molecular weight is 266 g/mol. The van der Waals surface area contributed by atoms with Gasteiger partial charge in [0.25, 0.3) is 0 Å². The molecule has 0 aromatic carbocycles. The lowest BCUT2D eigenvalue weighted by Crippen LogP contribution is -2.30. The number of nitrogens with two attached hydrogens (primary N) is 1. The largest absolute Gasteiger partial charge is 0.455 e. The molecule has 1 saturated heterocycles. The summed E-state index contributed by atoms with van der Waals surface area (Å²) < 4.78 is 7.19. The van der Waals surface area contributed by atoms with Crippen molar-refractivity contribution in [2.45, 2.75) is 45.3 Å². The molecule has 106 valence electrons. The summed E-state index contributed by atoms with van der Waals surface area (Å²) in [5.74, 6) is -0.0566. The fourth-order valence-electron chi connectivity index (χ4n) is 2.23. The maximum absolute atomic E-state index is 12.0. The Labute approximate surface area is 113 Å². The van der Waals surface area contributed by atoms with Gasteiger partial charge in [-0.25, -0.2) is 9.78 Å². The molecule has 0 saturated carbocycles. The van der Waals surface area contributed by atoms with Crippen LogP contribution in [0.4, 0.5) is 5.82 Å². The molecule has 19 heavy (non-hydrogen) atoms. The van der Waals surface area contributed by atoms with Crippen molar-refractivity contribution in [2.75, 3.05) is 18.8 Å². The van der Waals surface area contributed by atoms with Crippen LogP contribution in [-0.2, 0) is 4.74 Å². The van der Waals surface area contributed by atoms with Gasteiger partial charge in [-0.3, -0.25) is 0 Å². The molecule has 6 heteroatoms. The van der Waals surface area contributed by atoms with Gasteiger partial charge in [-0.05, 0) is 46.7 Å². The molecular formula is C13H22N4O2. The molecule has 1 aromatic heterocycles. The van der Waals surface area contributed by atoms with E-state index in [1.165, 1.54) is 0 Å². The van der Waals surface area contributed by atoms with Crippen molar-refractivity contribution in [3.8, 4) is 0 Å². The average Bonchev–Trinajstić information content (AvgIpc) is 2.70. The predicted molar refractivity (Wildman–Crippen MR) is 72.9 cm³/mol. The third kappa shape index (κ3) is 3.26. The Kier molecular flexibility index (Phi) is 3.80. The van der Waals surface area contributed by atoms with Gasteiger partial charge in [0.15, 0.2) is 5.69 Å². The molecule has 6 nitrogen and oxygen atoms in total. The van der Waals surface area contributed by atoms with Crippen LogP contribution >= 0.6 is 0 Å². The van der Waals surface area contributed by atoms with E-state index in [9.17, 15) is 4.79 Å². The fourth-order valence-corrected chi connectivity index (χ4v) is 2.23. The van der Waals surface area contributed by atoms with Gasteiger partial charge in [0.1, 0.15) is 11.4 Å². The van der Waals surface area contributed by atoms with Gasteiger partial charge in [0.2, 0.25) is 0 Å². The highest BCUT2D eigenvalue weighted by Crippen LogP contribution is 2.24. The normalized spacial score (nSPS) is 17.4. The Morgan fingerprint density at radius 3 is 2.68 bits per heavy atom. The number of rotatable bonds is 2. The molecule has 3 N–H and O–H groups in total. The van der Waals surface area contributed by atoms with Gasteiger partial charge >= 0.3 is 5.97 Å². The second-order valence-corrected chi connectivity index (χ2v) is 5.87. The SMILES string of the molecule is CC(C)(C)OC(=O)c1ncn(C2CCNCC2)c1N. The van der Waals surface area contributed by atoms with Crippen LogP contribution in [0.25, 0.3) is 0 Å². The van der Waals surface area contributed by atoms with Crippen molar-refractivity contribution >= 4 is 11.8 Å². The Balaban J connectivity index is 2.15. The summed E-state index contributed by atoms with van der Waals surface area (Å²) in [5, 5.41) is 3.30. The van der Waals surface area contributed by atoms with Gasteiger partial charge in [-0.2, -0.15) is 0 Å². The van der Waals surface area contributed by atoms with Crippen LogP contribution in [0.5, 0.6) is 0 Å². The number of nitrogen functional groups attached to an aromatic ring is 1. The molecule has 1 aliphatic heterocycles. The number of aromatic nitrogens is 2. The minimum atomic E-state index is -0.540. The van der Waals surface area contributed by atoms with E-state index in [0.717, 1.165) is 25.9 Å². The summed E-state index contributed by atoms with van der Waals surface area (Å²) in [4.78, 5) is 16.1. The molecule has 1 fully saturated rings. The quantitative estimate of drug-likeness (QED) is 0.789. The number of nitrogens with zero attached hydrogens (tertiary/aromatic N) is 2. The third-order valence-electron chi connectivity index (χ3n) is 3.13. The third-order valence-corrected chi connectivity index (χ3v) is 3.13. The Bertz CT molecular complexity index is 456. The molecule has 0 radical (unpaired) electrons. The monoisotopic (exact) mass is 266 g/mol. The van der Waals surface area contributed by atoms with E-state index >= 15 is 0 Å². The summed E-state index contributed by atoms with van der Waals surface area (Å²) in [6, 6.07) is 0.310. The highest BCUT2D eigenvalue weighted by Gasteiger charge is 2.25. The van der Waals surface area contributed by atoms with E-state index in [1.807, 2.05) is 25.3 Å². The zero-order chi connectivity index (χ0) is 14.0. The molecule has 0 amide bonds. The fraction of sp³-hybridized carbons (Fsp3) is 0.692. The number of anilines is 1. The molecule has 0 atom stereocenters. The Morgan fingerprint density at radius 1 is 1.47 bits per heavy atom. The van der Waals surface area contributed by atoms with Crippen molar-refractivity contribution in [3.05, 3.63) is 12.0 Å². The van der Waals surface area contributed by atoms with Crippen molar-refractivity contribution in [3.63, 3.8) is 0 Å². The molecule has 0 bridgehead atoms. The number of piperidine rings is 1. The van der Waals surface area contributed by atoms with Crippen LogP contribution in [0.3, 0.4) is 0 Å². The zero-order valence-corrected chi connectivity index (χ0v) is 11.8. The maximum atomic E-state index is 12.0. The molecule has 2 rings (SSSR count). The number of hydrogen-bond acceptors (Lipinski definition) is 5. The molecule has 1 aliphatic rings. The highest BCUT2D eigenvalue weighted by molar-refractivity contribution is 5.92. The van der Waals surface area contributed by atoms with E-state index < -0.39 is 11.6 Å². The van der Waals surface area contributed by atoms with Crippen molar-refractivity contribution in [2.24, 2.45) is 0 Å². The molecule has 0 spiro atoms. The van der Waals surface area contributed by atoms with Gasteiger partial charge in [-0.1, -0.05) is 0 Å². The first kappa shape index (κ1) is 13.9. The van der Waals surface area contributed by atoms with Crippen LogP contribution in [0, 0.1) is 0 Å². The second-order valence-electron chi connectivity index (χ2n) is 5.87. The van der Waals surface area contributed by atoms with Gasteiger partial charge < -0.3 is 20.4 Å². The number of nitrogens with one attached hydrogen (secondary N) is 1. The number of hydrogen-bond donors (Lipinski definition) is 2. The number of imidazole rings is 1. The second kappa shape index (κ2) is 5.21. The first-order valence-corrected chi connectivity index (χ1v) is 6.65. The van der Waals surface area contributed by atoms with E-state index in [-0.39, 0.29) is 5.69 Å². The van der Waals surface area contributed by atoms with E-state index in [2.05, 4.69) is 10.3 Å². The van der Waals surface area contributed by atoms with E-state index in [4.69, 9.17) is 10.5 Å². The maximum Gasteiger partial charge on any atom is 0.361 e. The summed E-state index contributed by atoms with van der Waals surface area (Å²) in [6.45, 7) is 7.40. The van der Waals surface area contributed by atoms with Crippen LogP contribution in [-0.4, -0.2) is 34.2 Å². The lowest BCUT2D eigenvalue weighted by molar-refractivity contribution is 0.00647. The van der Waals surface area contributed by atoms with Crippen molar-refractivity contribution in [1.29, 1.82) is 0 Å². The van der Waals surface area contributed by atoms with Crippen LogP contribution in [0.1, 0.15) is 50.1 Å². The zero-order valence-electron chi connectivity index (χ0n) is 11.8. The van der Waals surface area contributed by atoms with Gasteiger partial charge in [0.05, 0.1) is 6.33 Å². The molecular weight excluding hydrogens is 244 g/mol. The molecule has 0 unspecified atom stereocenters. The topological polar surface area (TPSA) is 82.2 Å². The first-order valence-electron chi connectivity index (χ1n) is 6.65. The van der Waals surface area contributed by atoms with Gasteiger partial charge in [0, 0.05) is 6.04 Å². The molecule has 1 aromatic rings. The number of carbonyl (C=O) groups excluding carboxylic acids is 1. The summed E-state index contributed by atoms with van der Waals surface area (Å²) in [7, 11) is 0. The van der Waals surface area contributed by atoms with E-state index in [0.29, 0.717) is 11.9 Å². The summed E-state index contributed by atoms with van der Waals surface area (Å²) in [5.41, 5.74) is 5.71. The molecule has 0 aliphatic carbocycles. The lowest BCUT2D eigenvalue weighted by atomic mass is 10.1. The van der Waals surface area contributed by atoms with Crippen LogP contribution < -0.4 is 11.1 Å². The summed E-state index contributed by atoms with van der Waals surface area (Å²) in [6.07, 6.45) is 3.63. The standard InChI is InChI=1S/C13H22N4O2/c1-13(2,3)19-12(18)10-11(14)17(8-16-10)9-4-6-15-7-5-9/h8-9,15H,4-7,14H2,1-3H3. The van der Waals surface area contributed by atoms with E-state index in [1.54, 1.807) is 6.33 Å².